The summed E-state index contributed by atoms with van der Waals surface area (Å²) in [6, 6.07) is 33.9. The van der Waals surface area contributed by atoms with Crippen molar-refractivity contribution in [3.63, 3.8) is 0 Å². The van der Waals surface area contributed by atoms with Gasteiger partial charge < -0.3 is 4.42 Å². The van der Waals surface area contributed by atoms with Gasteiger partial charge in [0.2, 0.25) is 0 Å². The van der Waals surface area contributed by atoms with Crippen molar-refractivity contribution in [1.82, 2.24) is 15.0 Å². The van der Waals surface area contributed by atoms with Crippen LogP contribution >= 0.6 is 11.3 Å². The molecule has 0 aliphatic heterocycles. The number of thiophene rings is 1. The molecule has 6 aromatic carbocycles. The highest BCUT2D eigenvalue weighted by Gasteiger charge is 2.18. The van der Waals surface area contributed by atoms with Gasteiger partial charge in [-0.25, -0.2) is 15.0 Å². The van der Waals surface area contributed by atoms with Crippen molar-refractivity contribution in [2.75, 3.05) is 0 Å². The normalized spacial score (nSPS) is 13.2. The molecule has 0 aliphatic carbocycles. The molecule has 4 nitrogen and oxygen atoms in total. The molecular formula is C39H23N3OS. The van der Waals surface area contributed by atoms with E-state index < -0.39 is 6.04 Å². The summed E-state index contributed by atoms with van der Waals surface area (Å²) in [6.07, 6.45) is 0. The van der Waals surface area contributed by atoms with Gasteiger partial charge >= 0.3 is 0 Å². The molecule has 0 saturated carbocycles. The van der Waals surface area contributed by atoms with E-state index in [4.69, 9.17) is 26.2 Å². The monoisotopic (exact) mass is 586 g/mol. The van der Waals surface area contributed by atoms with Crippen LogP contribution in [-0.4, -0.2) is 15.0 Å². The highest BCUT2D eigenvalue weighted by molar-refractivity contribution is 7.26. The second-order valence-corrected chi connectivity index (χ2v) is 11.5. The zero-order chi connectivity index (χ0) is 33.4. The molecule has 9 aromatic rings. The Morgan fingerprint density at radius 2 is 1.23 bits per heavy atom. The lowest BCUT2D eigenvalue weighted by molar-refractivity contribution is 0.669. The molecule has 3 heterocycles. The van der Waals surface area contributed by atoms with Crippen molar-refractivity contribution in [2.45, 2.75) is 0 Å². The minimum atomic E-state index is -0.407. The van der Waals surface area contributed by atoms with Gasteiger partial charge in [-0.15, -0.1) is 11.3 Å². The third-order valence-corrected chi connectivity index (χ3v) is 9.04. The molecule has 5 heteroatoms. The molecule has 0 N–H and O–H groups in total. The average molecular weight is 587 g/mol. The van der Waals surface area contributed by atoms with E-state index in [0.717, 1.165) is 58.8 Å². The van der Waals surface area contributed by atoms with Gasteiger partial charge in [-0.2, -0.15) is 0 Å². The van der Waals surface area contributed by atoms with Crippen molar-refractivity contribution in [1.29, 1.82) is 0 Å². The fourth-order valence-electron chi connectivity index (χ4n) is 5.82. The number of aromatic nitrogens is 3. The van der Waals surface area contributed by atoms with Crippen molar-refractivity contribution in [3.8, 4) is 45.3 Å². The summed E-state index contributed by atoms with van der Waals surface area (Å²) in [5.41, 5.74) is 4.85. The van der Waals surface area contributed by atoms with Crippen LogP contribution in [0.5, 0.6) is 0 Å². The van der Waals surface area contributed by atoms with Crippen molar-refractivity contribution in [3.05, 3.63) is 139 Å². The average Bonchev–Trinajstić information content (AvgIpc) is 3.72. The number of hydrogen-bond acceptors (Lipinski definition) is 5. The molecule has 0 amide bonds. The largest absolute Gasteiger partial charge is 0.456 e. The number of hydrogen-bond donors (Lipinski definition) is 0. The lowest BCUT2D eigenvalue weighted by atomic mass is 10.0. The van der Waals surface area contributed by atoms with Gasteiger partial charge in [0.15, 0.2) is 17.5 Å². The summed E-state index contributed by atoms with van der Waals surface area (Å²) in [5, 5.41) is 3.85. The van der Waals surface area contributed by atoms with E-state index in [9.17, 15) is 0 Å². The van der Waals surface area contributed by atoms with E-state index in [1.54, 1.807) is 0 Å². The maximum Gasteiger partial charge on any atom is 0.164 e. The Labute approximate surface area is 264 Å². The predicted molar refractivity (Wildman–Crippen MR) is 182 cm³/mol. The first kappa shape index (κ1) is 20.3. The fraction of sp³-hybridized carbons (Fsp3) is 0. The van der Waals surface area contributed by atoms with Gasteiger partial charge in [0.1, 0.15) is 11.2 Å². The van der Waals surface area contributed by atoms with Crippen LogP contribution in [0.3, 0.4) is 0 Å². The van der Waals surface area contributed by atoms with Crippen molar-refractivity contribution < 1.29 is 11.3 Å². The molecule has 0 fully saturated rings. The Morgan fingerprint density at radius 1 is 0.523 bits per heavy atom. The van der Waals surface area contributed by atoms with E-state index in [1.165, 1.54) is 11.3 Å². The highest BCUT2D eigenvalue weighted by atomic mass is 32.1. The van der Waals surface area contributed by atoms with E-state index in [2.05, 4.69) is 0 Å². The molecule has 0 radical (unpaired) electrons. The standard InChI is InChI=1S/C39H23N3OS/c1-3-11-24(12-4-1)27-16-9-17-29-28-22-21-26(23-34(28)44-36(27)29)38-40-37(25-13-5-2-6-14-25)41-39(42-38)31-18-10-20-33-35(31)30-15-7-8-19-32(30)43-33/h1-23H/i1D,3D,4D,11D,12D. The van der Waals surface area contributed by atoms with Gasteiger partial charge in [-0.05, 0) is 29.3 Å². The summed E-state index contributed by atoms with van der Waals surface area (Å²) in [6.45, 7) is 0. The topological polar surface area (TPSA) is 51.8 Å². The Bertz CT molecular complexity index is 2770. The molecule has 0 aliphatic rings. The first-order chi connectivity index (χ1) is 23.9. The van der Waals surface area contributed by atoms with Gasteiger partial charge in [-0.3, -0.25) is 0 Å². The molecule has 0 atom stereocenters. The number of para-hydroxylation sites is 1. The first-order valence-corrected chi connectivity index (χ1v) is 14.9. The van der Waals surface area contributed by atoms with Crippen LogP contribution in [0.2, 0.25) is 0 Å². The molecule has 9 rings (SSSR count). The second kappa shape index (κ2) is 9.97. The molecule has 0 spiro atoms. The van der Waals surface area contributed by atoms with Gasteiger partial charge in [-0.1, -0.05) is 121 Å². The number of fused-ring (bicyclic) bond motifs is 6. The van der Waals surface area contributed by atoms with Gasteiger partial charge in [0.05, 0.1) is 6.85 Å². The zero-order valence-corrected chi connectivity index (χ0v) is 23.9. The SMILES string of the molecule is [2H]c1c([2H])c([2H])c(-c2cccc3c2sc2cc(-c4nc(-c5ccccc5)nc(-c5cccc6oc7ccccc7c56)n4)ccc23)c([2H])c1[2H]. The Kier molecular flexibility index (Phi) is 4.60. The van der Waals surface area contributed by atoms with Crippen LogP contribution in [0.15, 0.2) is 144 Å². The van der Waals surface area contributed by atoms with Crippen LogP contribution in [-0.2, 0) is 0 Å². The Morgan fingerprint density at radius 3 is 2.11 bits per heavy atom. The van der Waals surface area contributed by atoms with Gasteiger partial charge in [0.25, 0.3) is 0 Å². The quantitative estimate of drug-likeness (QED) is 0.206. The number of benzene rings is 6. The molecule has 3 aromatic heterocycles. The third kappa shape index (κ3) is 4.02. The summed E-state index contributed by atoms with van der Waals surface area (Å²) in [7, 11) is 0. The van der Waals surface area contributed by atoms with Crippen LogP contribution < -0.4 is 0 Å². The van der Waals surface area contributed by atoms with Crippen LogP contribution in [0.4, 0.5) is 0 Å². The fourth-order valence-corrected chi connectivity index (χ4v) is 7.08. The van der Waals surface area contributed by atoms with Crippen LogP contribution in [0.25, 0.3) is 87.4 Å². The molecule has 44 heavy (non-hydrogen) atoms. The number of nitrogens with zero attached hydrogens (tertiary/aromatic N) is 3. The molecule has 0 saturated heterocycles. The Hall–Kier alpha value is -5.65. The maximum absolute atomic E-state index is 8.60. The van der Waals surface area contributed by atoms with Crippen molar-refractivity contribution in [2.24, 2.45) is 0 Å². The van der Waals surface area contributed by atoms with E-state index in [1.807, 2.05) is 109 Å². The zero-order valence-electron chi connectivity index (χ0n) is 28.1. The number of furan rings is 1. The van der Waals surface area contributed by atoms with E-state index in [-0.39, 0.29) is 29.7 Å². The minimum absolute atomic E-state index is 0.193. The molecule has 206 valence electrons. The molecular weight excluding hydrogens is 559 g/mol. The predicted octanol–water partition coefficient (Wildman–Crippen LogP) is 10.8. The lowest BCUT2D eigenvalue weighted by Gasteiger charge is -2.09. The van der Waals surface area contributed by atoms with Crippen molar-refractivity contribution >= 4 is 53.4 Å². The minimum Gasteiger partial charge on any atom is -0.456 e. The summed E-state index contributed by atoms with van der Waals surface area (Å²) < 4.78 is 49.7. The van der Waals surface area contributed by atoms with E-state index >= 15 is 0 Å². The smallest absolute Gasteiger partial charge is 0.164 e. The summed E-state index contributed by atoms with van der Waals surface area (Å²) in [4.78, 5) is 15.0. The number of rotatable bonds is 4. The molecule has 0 unspecified atom stereocenters. The lowest BCUT2D eigenvalue weighted by Crippen LogP contribution is -2.00. The second-order valence-electron chi connectivity index (χ2n) is 10.4. The summed E-state index contributed by atoms with van der Waals surface area (Å²) in [5.74, 6) is 1.59. The summed E-state index contributed by atoms with van der Waals surface area (Å²) >= 11 is 1.51. The van der Waals surface area contributed by atoms with Crippen LogP contribution in [0, 0.1) is 0 Å². The maximum atomic E-state index is 8.60. The Balaban J connectivity index is 1.26. The highest BCUT2D eigenvalue weighted by Crippen LogP contribution is 2.41. The van der Waals surface area contributed by atoms with Gasteiger partial charge in [0, 0.05) is 47.6 Å². The first-order valence-electron chi connectivity index (χ1n) is 16.6. The molecule has 0 bridgehead atoms. The third-order valence-electron chi connectivity index (χ3n) is 7.84. The van der Waals surface area contributed by atoms with E-state index in [0.29, 0.717) is 23.0 Å². The van der Waals surface area contributed by atoms with Crippen LogP contribution in [0.1, 0.15) is 6.85 Å².